The zero-order valence-electron chi connectivity index (χ0n) is 9.81. The fourth-order valence-corrected chi connectivity index (χ4v) is 2.83. The topological polar surface area (TPSA) is 58.6 Å². The molecule has 1 aliphatic rings. The number of carbonyl (C=O) groups is 1. The molecule has 2 rings (SSSR count). The summed E-state index contributed by atoms with van der Waals surface area (Å²) in [5.74, 6) is -0.846. The lowest BCUT2D eigenvalue weighted by molar-refractivity contribution is -0.149. The minimum Gasteiger partial charge on any atom is -0.479 e. The molecule has 2 unspecified atom stereocenters. The molecule has 0 amide bonds. The van der Waals surface area contributed by atoms with Gasteiger partial charge in [0.2, 0.25) is 0 Å². The van der Waals surface area contributed by atoms with E-state index in [0.29, 0.717) is 6.42 Å². The molecule has 94 valence electrons. The molecule has 1 fully saturated rings. The lowest BCUT2D eigenvalue weighted by Gasteiger charge is -2.11. The van der Waals surface area contributed by atoms with Gasteiger partial charge in [-0.05, 0) is 31.9 Å². The van der Waals surface area contributed by atoms with Crippen molar-refractivity contribution in [3.8, 4) is 0 Å². The van der Waals surface area contributed by atoms with Crippen LogP contribution in [0.4, 0.5) is 0 Å². The summed E-state index contributed by atoms with van der Waals surface area (Å²) in [6, 6.07) is 4.22. The molecule has 1 aromatic rings. The van der Waals surface area contributed by atoms with Crippen molar-refractivity contribution >= 4 is 17.3 Å². The van der Waals surface area contributed by atoms with Gasteiger partial charge in [-0.1, -0.05) is 0 Å². The molecule has 2 heterocycles. The monoisotopic (exact) mass is 255 g/mol. The maximum atomic E-state index is 10.7. The minimum absolute atomic E-state index is 0.0390. The summed E-state index contributed by atoms with van der Waals surface area (Å²) in [7, 11) is 0. The highest BCUT2D eigenvalue weighted by molar-refractivity contribution is 7.11. The molecule has 0 saturated carbocycles. The summed E-state index contributed by atoms with van der Waals surface area (Å²) in [6.45, 7) is 3.64. The number of hydrogen-bond acceptors (Lipinski definition) is 4. The Kier molecular flexibility index (Phi) is 4.15. The number of nitrogens with one attached hydrogen (secondary N) is 1. The Morgan fingerprint density at radius 1 is 1.59 bits per heavy atom. The normalized spacial score (nSPS) is 24.1. The first-order valence-electron chi connectivity index (χ1n) is 5.79. The van der Waals surface area contributed by atoms with E-state index in [0.717, 1.165) is 19.5 Å². The lowest BCUT2D eigenvalue weighted by Crippen LogP contribution is -2.28. The highest BCUT2D eigenvalue weighted by atomic mass is 32.1. The third-order valence-corrected chi connectivity index (χ3v) is 3.85. The van der Waals surface area contributed by atoms with Crippen LogP contribution in [-0.2, 0) is 16.1 Å². The Balaban J connectivity index is 1.68. The number of hydrogen-bond donors (Lipinski definition) is 2. The Labute approximate surface area is 105 Å². The Bertz CT molecular complexity index is 391. The van der Waals surface area contributed by atoms with E-state index >= 15 is 0 Å². The second kappa shape index (κ2) is 5.62. The van der Waals surface area contributed by atoms with Gasteiger partial charge in [0.25, 0.3) is 0 Å². The van der Waals surface area contributed by atoms with Crippen molar-refractivity contribution in [2.45, 2.75) is 38.5 Å². The number of carboxylic acids is 1. The molecular formula is C12H17NO3S. The predicted molar refractivity (Wildman–Crippen MR) is 66.3 cm³/mol. The first-order valence-corrected chi connectivity index (χ1v) is 6.61. The molecule has 4 nitrogen and oxygen atoms in total. The van der Waals surface area contributed by atoms with E-state index in [9.17, 15) is 4.79 Å². The quantitative estimate of drug-likeness (QED) is 0.842. The van der Waals surface area contributed by atoms with Crippen LogP contribution in [0.5, 0.6) is 0 Å². The van der Waals surface area contributed by atoms with E-state index in [2.05, 4.69) is 24.4 Å². The maximum Gasteiger partial charge on any atom is 0.332 e. The second-order valence-electron chi connectivity index (χ2n) is 4.31. The van der Waals surface area contributed by atoms with Gasteiger partial charge >= 0.3 is 5.97 Å². The zero-order chi connectivity index (χ0) is 12.3. The van der Waals surface area contributed by atoms with E-state index in [1.807, 2.05) is 0 Å². The van der Waals surface area contributed by atoms with Gasteiger partial charge in [0, 0.05) is 22.8 Å². The summed E-state index contributed by atoms with van der Waals surface area (Å²) in [4.78, 5) is 13.3. The van der Waals surface area contributed by atoms with Crippen molar-refractivity contribution in [3.63, 3.8) is 0 Å². The van der Waals surface area contributed by atoms with Crippen LogP contribution in [-0.4, -0.2) is 29.8 Å². The van der Waals surface area contributed by atoms with Gasteiger partial charge in [-0.2, -0.15) is 0 Å². The van der Waals surface area contributed by atoms with Crippen LogP contribution in [0.2, 0.25) is 0 Å². The van der Waals surface area contributed by atoms with Crippen LogP contribution in [0.15, 0.2) is 12.1 Å². The Morgan fingerprint density at radius 3 is 3.00 bits per heavy atom. The second-order valence-corrected chi connectivity index (χ2v) is 5.68. The molecule has 0 bridgehead atoms. The molecule has 17 heavy (non-hydrogen) atoms. The van der Waals surface area contributed by atoms with E-state index < -0.39 is 12.1 Å². The van der Waals surface area contributed by atoms with Crippen molar-refractivity contribution in [1.29, 1.82) is 0 Å². The molecule has 0 aromatic carbocycles. The average molecular weight is 255 g/mol. The van der Waals surface area contributed by atoms with Crippen molar-refractivity contribution in [1.82, 2.24) is 5.32 Å². The summed E-state index contributed by atoms with van der Waals surface area (Å²) >= 11 is 1.78. The Hall–Kier alpha value is -0.910. The van der Waals surface area contributed by atoms with Crippen LogP contribution in [0, 0.1) is 6.92 Å². The van der Waals surface area contributed by atoms with Gasteiger partial charge in [0.05, 0.1) is 6.10 Å². The molecule has 2 N–H and O–H groups in total. The molecule has 0 radical (unpaired) electrons. The third-order valence-electron chi connectivity index (χ3n) is 2.85. The van der Waals surface area contributed by atoms with Crippen molar-refractivity contribution in [2.24, 2.45) is 0 Å². The van der Waals surface area contributed by atoms with Crippen LogP contribution < -0.4 is 5.32 Å². The van der Waals surface area contributed by atoms with Crippen LogP contribution in [0.25, 0.3) is 0 Å². The van der Waals surface area contributed by atoms with E-state index in [1.54, 1.807) is 11.3 Å². The van der Waals surface area contributed by atoms with Crippen LogP contribution in [0.3, 0.4) is 0 Å². The van der Waals surface area contributed by atoms with Gasteiger partial charge in [0.15, 0.2) is 6.10 Å². The number of ether oxygens (including phenoxy) is 1. The van der Waals surface area contributed by atoms with E-state index in [-0.39, 0.29) is 6.10 Å². The van der Waals surface area contributed by atoms with Crippen molar-refractivity contribution in [3.05, 3.63) is 21.9 Å². The maximum absolute atomic E-state index is 10.7. The smallest absolute Gasteiger partial charge is 0.332 e. The summed E-state index contributed by atoms with van der Waals surface area (Å²) in [6.07, 6.45) is 0.885. The van der Waals surface area contributed by atoms with Crippen molar-refractivity contribution < 1.29 is 14.6 Å². The van der Waals surface area contributed by atoms with Gasteiger partial charge < -0.3 is 15.2 Å². The molecular weight excluding hydrogens is 238 g/mol. The lowest BCUT2D eigenvalue weighted by atomic mass is 10.2. The number of aliphatic carboxylic acids is 1. The summed E-state index contributed by atoms with van der Waals surface area (Å²) in [5, 5.41) is 12.1. The number of aryl methyl sites for hydroxylation is 1. The van der Waals surface area contributed by atoms with E-state index in [4.69, 9.17) is 9.84 Å². The number of thiophene rings is 1. The standard InChI is InChI=1S/C12H17NO3S/c1-8-2-4-10(17-8)7-13-6-9-3-5-11(16-9)12(14)15/h2,4,9,11,13H,3,5-7H2,1H3,(H,14,15). The van der Waals surface area contributed by atoms with Gasteiger partial charge in [0.1, 0.15) is 0 Å². The third kappa shape index (κ3) is 3.52. The van der Waals surface area contributed by atoms with Crippen LogP contribution in [0.1, 0.15) is 22.6 Å². The highest BCUT2D eigenvalue weighted by Gasteiger charge is 2.29. The zero-order valence-corrected chi connectivity index (χ0v) is 10.6. The minimum atomic E-state index is -0.846. The number of rotatable bonds is 5. The molecule has 0 spiro atoms. The molecule has 5 heteroatoms. The number of carboxylic acid groups (broad SMARTS) is 1. The van der Waals surface area contributed by atoms with Crippen LogP contribution >= 0.6 is 11.3 Å². The first kappa shape index (κ1) is 12.5. The SMILES string of the molecule is Cc1ccc(CNCC2CCC(C(=O)O)O2)s1. The van der Waals surface area contributed by atoms with Gasteiger partial charge in [-0.25, -0.2) is 4.79 Å². The molecule has 1 aliphatic heterocycles. The highest BCUT2D eigenvalue weighted by Crippen LogP contribution is 2.19. The Morgan fingerprint density at radius 2 is 2.41 bits per heavy atom. The summed E-state index contributed by atoms with van der Waals surface area (Å²) in [5.41, 5.74) is 0. The fraction of sp³-hybridized carbons (Fsp3) is 0.583. The molecule has 0 aliphatic carbocycles. The fourth-order valence-electron chi connectivity index (χ4n) is 1.97. The molecule has 2 atom stereocenters. The first-order chi connectivity index (χ1) is 8.15. The van der Waals surface area contributed by atoms with Gasteiger partial charge in [-0.3, -0.25) is 0 Å². The summed E-state index contributed by atoms with van der Waals surface area (Å²) < 4.78 is 5.41. The van der Waals surface area contributed by atoms with E-state index in [1.165, 1.54) is 9.75 Å². The largest absolute Gasteiger partial charge is 0.479 e. The molecule has 1 saturated heterocycles. The molecule has 1 aromatic heterocycles. The average Bonchev–Trinajstić information content (AvgIpc) is 2.88. The predicted octanol–water partition coefficient (Wildman–Crippen LogP) is 1.78. The van der Waals surface area contributed by atoms with Crippen molar-refractivity contribution in [2.75, 3.05) is 6.54 Å². The van der Waals surface area contributed by atoms with Gasteiger partial charge in [-0.15, -0.1) is 11.3 Å².